The van der Waals surface area contributed by atoms with E-state index in [0.717, 1.165) is 4.57 Å². The first kappa shape index (κ1) is 12.7. The number of nitrogens with zero attached hydrogens (tertiary/aromatic N) is 1. The highest BCUT2D eigenvalue weighted by atomic mass is 19.4. The third-order valence-electron chi connectivity index (χ3n) is 3.17. The molecule has 0 aliphatic carbocycles. The van der Waals surface area contributed by atoms with Gasteiger partial charge in [0.2, 0.25) is 0 Å². The molecule has 0 radical (unpaired) electrons. The Morgan fingerprint density at radius 1 is 0.850 bits per heavy atom. The summed E-state index contributed by atoms with van der Waals surface area (Å²) >= 11 is 0. The molecular formula is C14H10F3NO2. The Labute approximate surface area is 111 Å². The molecule has 1 heterocycles. The lowest BCUT2D eigenvalue weighted by Crippen LogP contribution is -2.17. The van der Waals surface area contributed by atoms with E-state index in [0.29, 0.717) is 21.8 Å². The monoisotopic (exact) mass is 281 g/mol. The van der Waals surface area contributed by atoms with Crippen LogP contribution < -0.4 is 0 Å². The van der Waals surface area contributed by atoms with Crippen LogP contribution in [0.2, 0.25) is 0 Å². The number of alkyl halides is 3. The highest BCUT2D eigenvalue weighted by Crippen LogP contribution is 2.35. The predicted octanol–water partition coefficient (Wildman–Crippen LogP) is 3.77. The standard InChI is InChI=1S/C14H10F3NO2/c15-14(16,17)7-18-12-3-1-8(19)5-10(12)11-6-9(20)2-4-13(11)18/h1-6,19-20H,7H2. The number of hydrogen-bond donors (Lipinski definition) is 2. The Kier molecular flexibility index (Phi) is 2.57. The van der Waals surface area contributed by atoms with E-state index in [4.69, 9.17) is 0 Å². The van der Waals surface area contributed by atoms with Gasteiger partial charge in [-0.25, -0.2) is 0 Å². The summed E-state index contributed by atoms with van der Waals surface area (Å²) in [5.41, 5.74) is 0.724. The number of benzene rings is 2. The predicted molar refractivity (Wildman–Crippen MR) is 68.8 cm³/mol. The molecule has 0 fully saturated rings. The maximum atomic E-state index is 12.7. The fourth-order valence-corrected chi connectivity index (χ4v) is 2.43. The van der Waals surface area contributed by atoms with Gasteiger partial charge in [0.1, 0.15) is 18.0 Å². The molecule has 0 unspecified atom stereocenters. The maximum absolute atomic E-state index is 12.7. The van der Waals surface area contributed by atoms with Crippen LogP contribution in [-0.4, -0.2) is 21.0 Å². The minimum Gasteiger partial charge on any atom is -0.508 e. The van der Waals surface area contributed by atoms with Crippen LogP contribution in [0.15, 0.2) is 36.4 Å². The summed E-state index contributed by atoms with van der Waals surface area (Å²) in [7, 11) is 0. The molecule has 3 aromatic rings. The SMILES string of the molecule is Oc1ccc2c(c1)c1cc(O)ccc1n2CC(F)(F)F. The smallest absolute Gasteiger partial charge is 0.406 e. The van der Waals surface area contributed by atoms with Crippen LogP contribution >= 0.6 is 0 Å². The van der Waals surface area contributed by atoms with Crippen molar-refractivity contribution in [3.8, 4) is 11.5 Å². The summed E-state index contributed by atoms with van der Waals surface area (Å²) in [6, 6.07) is 8.34. The van der Waals surface area contributed by atoms with Crippen LogP contribution in [0.25, 0.3) is 21.8 Å². The van der Waals surface area contributed by atoms with Gasteiger partial charge in [-0.2, -0.15) is 13.2 Å². The van der Waals surface area contributed by atoms with Crippen molar-refractivity contribution in [1.29, 1.82) is 0 Å². The molecule has 0 aliphatic heterocycles. The topological polar surface area (TPSA) is 45.4 Å². The number of aromatic nitrogens is 1. The molecule has 6 heteroatoms. The summed E-state index contributed by atoms with van der Waals surface area (Å²) in [4.78, 5) is 0. The van der Waals surface area contributed by atoms with E-state index in [-0.39, 0.29) is 11.5 Å². The Morgan fingerprint density at radius 3 is 1.70 bits per heavy atom. The third-order valence-corrected chi connectivity index (χ3v) is 3.17. The molecule has 0 spiro atoms. The molecular weight excluding hydrogens is 271 g/mol. The van der Waals surface area contributed by atoms with Gasteiger partial charge in [-0.1, -0.05) is 0 Å². The van der Waals surface area contributed by atoms with Gasteiger partial charge in [-0.3, -0.25) is 0 Å². The highest BCUT2D eigenvalue weighted by Gasteiger charge is 2.29. The lowest BCUT2D eigenvalue weighted by atomic mass is 10.1. The molecule has 0 saturated carbocycles. The second-order valence-corrected chi connectivity index (χ2v) is 4.60. The molecule has 0 amide bonds. The van der Waals surface area contributed by atoms with Crippen LogP contribution in [0.3, 0.4) is 0 Å². The Morgan fingerprint density at radius 2 is 1.30 bits per heavy atom. The molecule has 0 saturated heterocycles. The zero-order chi connectivity index (χ0) is 14.5. The first-order valence-corrected chi connectivity index (χ1v) is 5.86. The van der Waals surface area contributed by atoms with E-state index < -0.39 is 12.7 Å². The van der Waals surface area contributed by atoms with Crippen molar-refractivity contribution in [2.24, 2.45) is 0 Å². The van der Waals surface area contributed by atoms with Gasteiger partial charge < -0.3 is 14.8 Å². The van der Waals surface area contributed by atoms with Crippen molar-refractivity contribution < 1.29 is 23.4 Å². The average molecular weight is 281 g/mol. The summed E-state index contributed by atoms with van der Waals surface area (Å²) in [6.07, 6.45) is -4.35. The van der Waals surface area contributed by atoms with Crippen LogP contribution in [0.1, 0.15) is 0 Å². The molecule has 20 heavy (non-hydrogen) atoms. The molecule has 2 N–H and O–H groups in total. The second kappa shape index (κ2) is 4.06. The van der Waals surface area contributed by atoms with Crippen molar-refractivity contribution in [2.75, 3.05) is 0 Å². The summed E-state index contributed by atoms with van der Waals surface area (Å²) in [5.74, 6) is -0.0706. The van der Waals surface area contributed by atoms with E-state index >= 15 is 0 Å². The fourth-order valence-electron chi connectivity index (χ4n) is 2.43. The first-order chi connectivity index (χ1) is 9.35. The van der Waals surface area contributed by atoms with Crippen LogP contribution in [0.4, 0.5) is 13.2 Å². The second-order valence-electron chi connectivity index (χ2n) is 4.60. The lowest BCUT2D eigenvalue weighted by Gasteiger charge is -2.10. The van der Waals surface area contributed by atoms with Crippen molar-refractivity contribution in [1.82, 2.24) is 4.57 Å². The van der Waals surface area contributed by atoms with Crippen LogP contribution in [0.5, 0.6) is 11.5 Å². The molecule has 2 aromatic carbocycles. The number of halogens is 3. The van der Waals surface area contributed by atoms with E-state index in [2.05, 4.69) is 0 Å². The molecule has 0 aliphatic rings. The Bertz CT molecular complexity index is 746. The minimum absolute atomic E-state index is 0.0353. The van der Waals surface area contributed by atoms with Crippen molar-refractivity contribution in [3.63, 3.8) is 0 Å². The largest absolute Gasteiger partial charge is 0.508 e. The summed E-state index contributed by atoms with van der Waals surface area (Å²) in [5, 5.41) is 20.0. The molecule has 3 nitrogen and oxygen atoms in total. The zero-order valence-electron chi connectivity index (χ0n) is 10.1. The molecule has 0 bridgehead atoms. The fraction of sp³-hybridized carbons (Fsp3) is 0.143. The van der Waals surface area contributed by atoms with Gasteiger partial charge in [0, 0.05) is 21.8 Å². The molecule has 1 aromatic heterocycles. The molecule has 104 valence electrons. The van der Waals surface area contributed by atoms with Gasteiger partial charge in [-0.15, -0.1) is 0 Å². The van der Waals surface area contributed by atoms with Gasteiger partial charge in [0.25, 0.3) is 0 Å². The number of phenols is 2. The lowest BCUT2D eigenvalue weighted by molar-refractivity contribution is -0.139. The van der Waals surface area contributed by atoms with E-state index in [1.165, 1.54) is 36.4 Å². The van der Waals surface area contributed by atoms with Crippen LogP contribution in [0, 0.1) is 0 Å². The normalized spacial score (nSPS) is 12.3. The zero-order valence-corrected chi connectivity index (χ0v) is 10.1. The van der Waals surface area contributed by atoms with E-state index in [9.17, 15) is 23.4 Å². The Hall–Kier alpha value is -2.37. The number of fused-ring (bicyclic) bond motifs is 3. The number of phenolic OH excluding ortho intramolecular Hbond substituents is 2. The average Bonchev–Trinajstić information content (AvgIpc) is 2.61. The van der Waals surface area contributed by atoms with Gasteiger partial charge in [0.15, 0.2) is 0 Å². The van der Waals surface area contributed by atoms with E-state index in [1.54, 1.807) is 0 Å². The number of rotatable bonds is 1. The van der Waals surface area contributed by atoms with Crippen molar-refractivity contribution in [2.45, 2.75) is 12.7 Å². The summed E-state index contributed by atoms with van der Waals surface area (Å²) < 4.78 is 39.3. The summed E-state index contributed by atoms with van der Waals surface area (Å²) in [6.45, 7) is -1.12. The van der Waals surface area contributed by atoms with Gasteiger partial charge >= 0.3 is 6.18 Å². The first-order valence-electron chi connectivity index (χ1n) is 5.86. The maximum Gasteiger partial charge on any atom is 0.406 e. The minimum atomic E-state index is -4.35. The molecule has 3 rings (SSSR count). The quantitative estimate of drug-likeness (QED) is 0.713. The number of hydrogen-bond acceptors (Lipinski definition) is 2. The Balaban J connectivity index is 2.41. The molecule has 0 atom stereocenters. The van der Waals surface area contributed by atoms with Crippen LogP contribution in [-0.2, 0) is 6.54 Å². The number of aromatic hydroxyl groups is 2. The van der Waals surface area contributed by atoms with Gasteiger partial charge in [-0.05, 0) is 36.4 Å². The van der Waals surface area contributed by atoms with Gasteiger partial charge in [0.05, 0.1) is 0 Å². The van der Waals surface area contributed by atoms with E-state index in [1.807, 2.05) is 0 Å². The van der Waals surface area contributed by atoms with Crippen molar-refractivity contribution in [3.05, 3.63) is 36.4 Å². The third kappa shape index (κ3) is 2.03. The highest BCUT2D eigenvalue weighted by molar-refractivity contribution is 6.09. The van der Waals surface area contributed by atoms with Crippen molar-refractivity contribution >= 4 is 21.8 Å².